The van der Waals surface area contributed by atoms with Gasteiger partial charge in [0.25, 0.3) is 0 Å². The average Bonchev–Trinajstić information content (AvgIpc) is 3.04. The molecule has 0 saturated carbocycles. The number of methoxy groups -OCH3 is 1. The zero-order valence-corrected chi connectivity index (χ0v) is 14.2. The number of aromatic nitrogens is 2. The average molecular weight is 344 g/mol. The van der Waals surface area contributed by atoms with Gasteiger partial charge in [-0.25, -0.2) is 0 Å². The Bertz CT molecular complexity index is 746. The zero-order valence-electron chi connectivity index (χ0n) is 14.2. The molecule has 1 aromatic carbocycles. The first-order valence-corrected chi connectivity index (χ1v) is 7.97. The zero-order chi connectivity index (χ0) is 17.8. The number of hydrogen-bond acceptors (Lipinski definition) is 6. The summed E-state index contributed by atoms with van der Waals surface area (Å²) in [4.78, 5) is 32.3. The van der Waals surface area contributed by atoms with Crippen molar-refractivity contribution in [2.75, 3.05) is 20.7 Å². The number of carbonyl (C=O) groups excluding carboxylic acids is 2. The molecule has 0 radical (unpaired) electrons. The summed E-state index contributed by atoms with van der Waals surface area (Å²) in [5.74, 6) is 0.454. The Morgan fingerprint density at radius 3 is 2.76 bits per heavy atom. The van der Waals surface area contributed by atoms with E-state index in [1.807, 2.05) is 30.3 Å². The number of nitrogens with zero attached hydrogens (tertiary/aromatic N) is 4. The van der Waals surface area contributed by atoms with Crippen molar-refractivity contribution >= 4 is 11.8 Å². The molecule has 1 fully saturated rings. The molecule has 0 spiro atoms. The van der Waals surface area contributed by atoms with Crippen molar-refractivity contribution in [3.05, 3.63) is 47.6 Å². The lowest BCUT2D eigenvalue weighted by Crippen LogP contribution is -2.59. The van der Waals surface area contributed by atoms with Crippen LogP contribution in [0.2, 0.25) is 0 Å². The maximum atomic E-state index is 12.6. The lowest BCUT2D eigenvalue weighted by atomic mass is 10.0. The summed E-state index contributed by atoms with van der Waals surface area (Å²) in [5, 5.41) is 3.80. The van der Waals surface area contributed by atoms with E-state index in [0.717, 1.165) is 5.56 Å². The number of hydrogen-bond donors (Lipinski definition) is 0. The lowest BCUT2D eigenvalue weighted by Gasteiger charge is -2.38. The van der Waals surface area contributed by atoms with Crippen molar-refractivity contribution in [3.63, 3.8) is 0 Å². The van der Waals surface area contributed by atoms with Crippen LogP contribution in [0, 0.1) is 0 Å². The SMILES string of the molecule is COCc1noc(CN2C(=O)CN(C)C(=O)[C@H]2Cc2ccccc2)n1. The summed E-state index contributed by atoms with van der Waals surface area (Å²) in [7, 11) is 3.17. The smallest absolute Gasteiger partial charge is 0.246 e. The van der Waals surface area contributed by atoms with E-state index in [1.54, 1.807) is 7.05 Å². The monoisotopic (exact) mass is 344 g/mol. The second-order valence-electron chi connectivity index (χ2n) is 5.96. The highest BCUT2D eigenvalue weighted by Crippen LogP contribution is 2.19. The quantitative estimate of drug-likeness (QED) is 0.764. The molecule has 0 N–H and O–H groups in total. The second kappa shape index (κ2) is 7.43. The second-order valence-corrected chi connectivity index (χ2v) is 5.96. The predicted molar refractivity (Wildman–Crippen MR) is 87.1 cm³/mol. The Balaban J connectivity index is 1.81. The third-order valence-corrected chi connectivity index (χ3v) is 4.09. The Morgan fingerprint density at radius 2 is 2.04 bits per heavy atom. The Labute approximate surface area is 145 Å². The molecule has 1 aromatic heterocycles. The van der Waals surface area contributed by atoms with Gasteiger partial charge in [-0.2, -0.15) is 4.98 Å². The Hall–Kier alpha value is -2.74. The van der Waals surface area contributed by atoms with Crippen LogP contribution in [0.15, 0.2) is 34.9 Å². The first kappa shape index (κ1) is 17.1. The van der Waals surface area contributed by atoms with Gasteiger partial charge in [0.05, 0.1) is 6.54 Å². The van der Waals surface area contributed by atoms with Crippen molar-refractivity contribution < 1.29 is 18.8 Å². The van der Waals surface area contributed by atoms with Gasteiger partial charge in [-0.1, -0.05) is 35.5 Å². The molecular formula is C17H20N4O4. The third-order valence-electron chi connectivity index (χ3n) is 4.09. The van der Waals surface area contributed by atoms with Gasteiger partial charge in [-0.15, -0.1) is 0 Å². The van der Waals surface area contributed by atoms with Crippen molar-refractivity contribution in [2.24, 2.45) is 0 Å². The number of rotatable bonds is 6. The fraction of sp³-hybridized carbons (Fsp3) is 0.412. The highest BCUT2D eigenvalue weighted by molar-refractivity contribution is 5.94. The largest absolute Gasteiger partial charge is 0.377 e. The highest BCUT2D eigenvalue weighted by atomic mass is 16.5. The van der Waals surface area contributed by atoms with Gasteiger partial charge in [-0.3, -0.25) is 9.59 Å². The van der Waals surface area contributed by atoms with Crippen LogP contribution >= 0.6 is 0 Å². The fourth-order valence-electron chi connectivity index (χ4n) is 2.85. The van der Waals surface area contributed by atoms with Crippen LogP contribution in [-0.4, -0.2) is 58.5 Å². The first-order chi connectivity index (χ1) is 12.1. The van der Waals surface area contributed by atoms with Gasteiger partial charge in [0.2, 0.25) is 17.7 Å². The van der Waals surface area contributed by atoms with Crippen LogP contribution in [0.5, 0.6) is 0 Å². The fourth-order valence-corrected chi connectivity index (χ4v) is 2.85. The Morgan fingerprint density at radius 1 is 1.28 bits per heavy atom. The maximum Gasteiger partial charge on any atom is 0.246 e. The van der Waals surface area contributed by atoms with Crippen LogP contribution < -0.4 is 0 Å². The standard InChI is InChI=1S/C17H20N4O4/c1-20-10-16(22)21(9-15-18-14(11-24-2)19-25-15)13(17(20)23)8-12-6-4-3-5-7-12/h3-7,13H,8-11H2,1-2H3/t13-/m1/s1. The number of carbonyl (C=O) groups is 2. The normalized spacial score (nSPS) is 18.1. The van der Waals surface area contributed by atoms with Gasteiger partial charge in [0, 0.05) is 20.6 Å². The molecule has 3 rings (SSSR count). The van der Waals surface area contributed by atoms with Gasteiger partial charge >= 0.3 is 0 Å². The van der Waals surface area contributed by atoms with Gasteiger partial charge in [0.1, 0.15) is 19.2 Å². The molecule has 1 atom stereocenters. The van der Waals surface area contributed by atoms with Crippen LogP contribution in [0.4, 0.5) is 0 Å². The topological polar surface area (TPSA) is 88.8 Å². The minimum atomic E-state index is -0.591. The van der Waals surface area contributed by atoms with E-state index < -0.39 is 6.04 Å². The molecule has 25 heavy (non-hydrogen) atoms. The van der Waals surface area contributed by atoms with Gasteiger partial charge in [-0.05, 0) is 5.56 Å². The van der Waals surface area contributed by atoms with E-state index in [1.165, 1.54) is 16.9 Å². The molecule has 0 unspecified atom stereocenters. The van der Waals surface area contributed by atoms with E-state index in [9.17, 15) is 9.59 Å². The summed E-state index contributed by atoms with van der Waals surface area (Å²) < 4.78 is 10.1. The predicted octanol–water partition coefficient (Wildman–Crippen LogP) is 0.628. The molecule has 2 aromatic rings. The molecule has 0 aliphatic carbocycles. The van der Waals surface area contributed by atoms with Crippen molar-refractivity contribution in [2.45, 2.75) is 25.6 Å². The van der Waals surface area contributed by atoms with Crippen LogP contribution in [0.1, 0.15) is 17.3 Å². The number of benzene rings is 1. The molecule has 2 heterocycles. The van der Waals surface area contributed by atoms with Gasteiger partial charge < -0.3 is 19.1 Å². The van der Waals surface area contributed by atoms with Crippen molar-refractivity contribution in [1.29, 1.82) is 0 Å². The van der Waals surface area contributed by atoms with E-state index in [2.05, 4.69) is 10.1 Å². The Kier molecular flexibility index (Phi) is 5.08. The summed E-state index contributed by atoms with van der Waals surface area (Å²) in [5.41, 5.74) is 0.986. The van der Waals surface area contributed by atoms with E-state index in [4.69, 9.17) is 9.26 Å². The molecule has 132 valence electrons. The van der Waals surface area contributed by atoms with Crippen LogP contribution in [0.3, 0.4) is 0 Å². The molecular weight excluding hydrogens is 324 g/mol. The summed E-state index contributed by atoms with van der Waals surface area (Å²) in [6.45, 7) is 0.377. The maximum absolute atomic E-state index is 12.6. The third kappa shape index (κ3) is 3.85. The molecule has 0 bridgehead atoms. The van der Waals surface area contributed by atoms with Crippen molar-refractivity contribution in [3.8, 4) is 0 Å². The van der Waals surface area contributed by atoms with Crippen LogP contribution in [0.25, 0.3) is 0 Å². The molecule has 1 aliphatic heterocycles. The van der Waals surface area contributed by atoms with Crippen LogP contribution in [-0.2, 0) is 33.9 Å². The van der Waals surface area contributed by atoms with Gasteiger partial charge in [0.15, 0.2) is 5.82 Å². The minimum Gasteiger partial charge on any atom is -0.377 e. The van der Waals surface area contributed by atoms with E-state index >= 15 is 0 Å². The lowest BCUT2D eigenvalue weighted by molar-refractivity contribution is -0.155. The highest BCUT2D eigenvalue weighted by Gasteiger charge is 2.38. The molecule has 8 heteroatoms. The molecule has 8 nitrogen and oxygen atoms in total. The van der Waals surface area contributed by atoms with Crippen molar-refractivity contribution in [1.82, 2.24) is 19.9 Å². The summed E-state index contributed by atoms with van der Waals surface area (Å²) >= 11 is 0. The first-order valence-electron chi connectivity index (χ1n) is 7.97. The number of piperazine rings is 1. The molecule has 1 saturated heterocycles. The minimum absolute atomic E-state index is 0.0448. The van der Waals surface area contributed by atoms with E-state index in [0.29, 0.717) is 12.2 Å². The number of amides is 2. The number of ether oxygens (including phenoxy) is 1. The molecule has 2 amide bonds. The number of likely N-dealkylation sites (N-methyl/N-ethyl adjacent to an activating group) is 1. The van der Waals surface area contributed by atoms with E-state index in [-0.39, 0.29) is 37.4 Å². The molecule has 1 aliphatic rings. The summed E-state index contributed by atoms with van der Waals surface area (Å²) in [6.07, 6.45) is 0.439. The summed E-state index contributed by atoms with van der Waals surface area (Å²) in [6, 6.07) is 9.02.